The van der Waals surface area contributed by atoms with Crippen LogP contribution in [-0.2, 0) is 10.1 Å². The van der Waals surface area contributed by atoms with Crippen LogP contribution in [0.15, 0.2) is 42.5 Å². The van der Waals surface area contributed by atoms with Crippen LogP contribution >= 0.6 is 0 Å². The van der Waals surface area contributed by atoms with Gasteiger partial charge in [0.15, 0.2) is 0 Å². The standard InChI is InChI=1S/C22H27BO/c1-20(2)14-23(24-22(20,5)6)15-11-12-19-17(13-15)16-9-7-8-10-18(16)21(19,3)4/h7-13H,14H2,1-6H3. The van der Waals surface area contributed by atoms with Crippen molar-refractivity contribution in [3.05, 3.63) is 53.6 Å². The van der Waals surface area contributed by atoms with Gasteiger partial charge in [0, 0.05) is 5.41 Å². The first-order valence-corrected chi connectivity index (χ1v) is 9.06. The smallest absolute Gasteiger partial charge is 0.327 e. The fourth-order valence-corrected chi connectivity index (χ4v) is 4.39. The van der Waals surface area contributed by atoms with Crippen molar-refractivity contribution in [1.82, 2.24) is 0 Å². The molecule has 0 bridgehead atoms. The molecule has 124 valence electrons. The monoisotopic (exact) mass is 318 g/mol. The topological polar surface area (TPSA) is 9.23 Å². The van der Waals surface area contributed by atoms with E-state index in [0.29, 0.717) is 0 Å². The largest absolute Gasteiger partial charge is 0.426 e. The number of rotatable bonds is 1. The van der Waals surface area contributed by atoms with Crippen LogP contribution in [0.5, 0.6) is 0 Å². The van der Waals surface area contributed by atoms with Crippen molar-refractivity contribution < 1.29 is 4.65 Å². The summed E-state index contributed by atoms with van der Waals surface area (Å²) in [4.78, 5) is 0. The van der Waals surface area contributed by atoms with Crippen LogP contribution in [0.4, 0.5) is 0 Å². The van der Waals surface area contributed by atoms with Crippen molar-refractivity contribution in [3.8, 4) is 11.1 Å². The molecule has 2 aliphatic rings. The van der Waals surface area contributed by atoms with Gasteiger partial charge in [-0.3, -0.25) is 0 Å². The molecule has 1 fully saturated rings. The Morgan fingerprint density at radius 1 is 0.833 bits per heavy atom. The minimum absolute atomic E-state index is 0.0829. The van der Waals surface area contributed by atoms with Gasteiger partial charge in [-0.05, 0) is 53.3 Å². The molecule has 2 heteroatoms. The lowest BCUT2D eigenvalue weighted by Crippen LogP contribution is -2.36. The highest BCUT2D eigenvalue weighted by Crippen LogP contribution is 2.49. The molecule has 1 heterocycles. The molecule has 0 aromatic heterocycles. The van der Waals surface area contributed by atoms with Gasteiger partial charge in [-0.25, -0.2) is 0 Å². The molecule has 4 rings (SSSR count). The van der Waals surface area contributed by atoms with Crippen molar-refractivity contribution in [2.24, 2.45) is 5.41 Å². The average molecular weight is 318 g/mol. The molecule has 0 N–H and O–H groups in total. The third kappa shape index (κ3) is 2.05. The molecular formula is C22H27BO. The maximum atomic E-state index is 6.45. The van der Waals surface area contributed by atoms with E-state index in [2.05, 4.69) is 84.0 Å². The van der Waals surface area contributed by atoms with Crippen molar-refractivity contribution in [2.75, 3.05) is 0 Å². The minimum Gasteiger partial charge on any atom is -0.426 e. The van der Waals surface area contributed by atoms with Gasteiger partial charge in [0.25, 0.3) is 0 Å². The van der Waals surface area contributed by atoms with Crippen LogP contribution in [0.1, 0.15) is 52.7 Å². The summed E-state index contributed by atoms with van der Waals surface area (Å²) in [5, 5.41) is 0. The van der Waals surface area contributed by atoms with E-state index in [1.807, 2.05) is 0 Å². The van der Waals surface area contributed by atoms with E-state index in [1.165, 1.54) is 27.7 Å². The first-order valence-electron chi connectivity index (χ1n) is 9.06. The Labute approximate surface area is 146 Å². The third-order valence-corrected chi connectivity index (χ3v) is 6.74. The Hall–Kier alpha value is -1.54. The van der Waals surface area contributed by atoms with Crippen LogP contribution < -0.4 is 5.46 Å². The zero-order chi connectivity index (χ0) is 17.3. The molecule has 24 heavy (non-hydrogen) atoms. The van der Waals surface area contributed by atoms with E-state index in [9.17, 15) is 0 Å². The van der Waals surface area contributed by atoms with Gasteiger partial charge in [-0.1, -0.05) is 70.2 Å². The molecule has 0 atom stereocenters. The molecule has 0 radical (unpaired) electrons. The SMILES string of the molecule is CC1(C)c2ccccc2-c2cc(B3CC(C)(C)C(C)(C)O3)ccc21. The van der Waals surface area contributed by atoms with E-state index >= 15 is 0 Å². The lowest BCUT2D eigenvalue weighted by Gasteiger charge is -2.34. The van der Waals surface area contributed by atoms with Gasteiger partial charge in [-0.2, -0.15) is 0 Å². The second-order valence-corrected chi connectivity index (χ2v) is 9.18. The minimum atomic E-state index is -0.0894. The average Bonchev–Trinajstić information content (AvgIpc) is 2.88. The predicted octanol–water partition coefficient (Wildman–Crippen LogP) is 5.03. The quantitative estimate of drug-likeness (QED) is 0.670. The maximum absolute atomic E-state index is 6.45. The fourth-order valence-electron chi connectivity index (χ4n) is 4.39. The second kappa shape index (κ2) is 4.76. The van der Waals surface area contributed by atoms with Gasteiger partial charge < -0.3 is 4.65 Å². The maximum Gasteiger partial charge on any atom is 0.327 e. The molecular weight excluding hydrogens is 291 g/mol. The molecule has 0 spiro atoms. The van der Waals surface area contributed by atoms with Crippen LogP contribution in [0.25, 0.3) is 11.1 Å². The van der Waals surface area contributed by atoms with Gasteiger partial charge in [0.1, 0.15) is 0 Å². The molecule has 2 aromatic rings. The zero-order valence-corrected chi connectivity index (χ0v) is 15.7. The lowest BCUT2D eigenvalue weighted by atomic mass is 9.54. The summed E-state index contributed by atoms with van der Waals surface area (Å²) in [5.74, 6) is 0. The molecule has 0 saturated carbocycles. The van der Waals surface area contributed by atoms with Crippen molar-refractivity contribution in [2.45, 2.75) is 58.9 Å². The molecule has 0 unspecified atom stereocenters. The lowest BCUT2D eigenvalue weighted by molar-refractivity contribution is 0.0375. The van der Waals surface area contributed by atoms with Crippen molar-refractivity contribution in [3.63, 3.8) is 0 Å². The summed E-state index contributed by atoms with van der Waals surface area (Å²) in [6, 6.07) is 15.8. The Kier molecular flexibility index (Phi) is 3.16. The van der Waals surface area contributed by atoms with E-state index in [4.69, 9.17) is 4.65 Å². The van der Waals surface area contributed by atoms with E-state index in [-0.39, 0.29) is 23.3 Å². The molecule has 1 nitrogen and oxygen atoms in total. The Bertz CT molecular complexity index is 800. The van der Waals surface area contributed by atoms with Gasteiger partial charge in [0.2, 0.25) is 0 Å². The van der Waals surface area contributed by atoms with E-state index in [1.54, 1.807) is 0 Å². The molecule has 1 aliphatic heterocycles. The highest BCUT2D eigenvalue weighted by molar-refractivity contribution is 6.68. The van der Waals surface area contributed by atoms with Crippen molar-refractivity contribution in [1.29, 1.82) is 0 Å². The zero-order valence-electron chi connectivity index (χ0n) is 15.7. The normalized spacial score (nSPS) is 22.3. The van der Waals surface area contributed by atoms with E-state index < -0.39 is 0 Å². The van der Waals surface area contributed by atoms with Crippen LogP contribution in [0, 0.1) is 5.41 Å². The summed E-state index contributed by atoms with van der Waals surface area (Å²) in [6.07, 6.45) is 1.07. The number of benzene rings is 2. The Morgan fingerprint density at radius 3 is 2.17 bits per heavy atom. The predicted molar refractivity (Wildman–Crippen MR) is 103 cm³/mol. The third-order valence-electron chi connectivity index (χ3n) is 6.74. The first-order chi connectivity index (χ1) is 11.1. The summed E-state index contributed by atoms with van der Waals surface area (Å²) in [5.41, 5.74) is 7.14. The van der Waals surface area contributed by atoms with Gasteiger partial charge in [0.05, 0.1) is 5.60 Å². The number of hydrogen-bond acceptors (Lipinski definition) is 1. The van der Waals surface area contributed by atoms with Gasteiger partial charge >= 0.3 is 6.92 Å². The Morgan fingerprint density at radius 2 is 1.50 bits per heavy atom. The molecule has 0 amide bonds. The summed E-state index contributed by atoms with van der Waals surface area (Å²) >= 11 is 0. The second-order valence-electron chi connectivity index (χ2n) is 9.18. The summed E-state index contributed by atoms with van der Waals surface area (Å²) < 4.78 is 6.45. The summed E-state index contributed by atoms with van der Waals surface area (Å²) in [7, 11) is 0. The first kappa shape index (κ1) is 16.0. The molecule has 2 aromatic carbocycles. The molecule has 1 aliphatic carbocycles. The van der Waals surface area contributed by atoms with E-state index in [0.717, 1.165) is 6.32 Å². The summed E-state index contributed by atoms with van der Waals surface area (Å²) in [6.45, 7) is 13.9. The fraction of sp³-hybridized carbons (Fsp3) is 0.455. The van der Waals surface area contributed by atoms with Crippen LogP contribution in [0.2, 0.25) is 6.32 Å². The molecule has 1 saturated heterocycles. The Balaban J connectivity index is 1.80. The van der Waals surface area contributed by atoms with Gasteiger partial charge in [-0.15, -0.1) is 0 Å². The van der Waals surface area contributed by atoms with Crippen LogP contribution in [0.3, 0.4) is 0 Å². The highest BCUT2D eigenvalue weighted by Gasteiger charge is 2.50. The highest BCUT2D eigenvalue weighted by atomic mass is 16.5. The number of hydrogen-bond donors (Lipinski definition) is 0. The van der Waals surface area contributed by atoms with Crippen LogP contribution in [-0.4, -0.2) is 12.5 Å². The number of fused-ring (bicyclic) bond motifs is 3. The van der Waals surface area contributed by atoms with Crippen molar-refractivity contribution >= 4 is 12.4 Å².